The van der Waals surface area contributed by atoms with Crippen LogP contribution in [0.15, 0.2) is 12.2 Å². The number of hydrogen-bond donors (Lipinski definition) is 6. The molecule has 0 aliphatic carbocycles. The highest BCUT2D eigenvalue weighted by Gasteiger charge is 1.94. The Morgan fingerprint density at radius 3 is 1.55 bits per heavy atom. The Morgan fingerprint density at radius 2 is 1.30 bits per heavy atom. The minimum absolute atomic E-state index is 0.0451. The summed E-state index contributed by atoms with van der Waals surface area (Å²) in [6, 6.07) is 0. The molecule has 0 unspecified atom stereocenters. The van der Waals surface area contributed by atoms with Crippen LogP contribution in [0.3, 0.4) is 0 Å². The van der Waals surface area contributed by atoms with Gasteiger partial charge in [-0.2, -0.15) is 0 Å². The molecule has 232 valence electrons. The standard InChI is InChI=1S/C5H8O5.C5H8O2.C5H6O2.C4H8O2S.3CH2O2/c6-3-10-4-9-2-1-5(7)8;2*1-2-3-4-5(6)7;1-2-7-4-6-3-5;3*2-1-3/h3H,1-2,4H2,(H,7,8);2-3H,4H2,1H3,(H,6,7);4H2,1H3,(H,6,7);3H,2,4H2,1H3;3*1H,(H,2,3)/b;3-2+;;;;;. The van der Waals surface area contributed by atoms with Crippen molar-refractivity contribution < 1.29 is 83.2 Å². The molecule has 0 atom stereocenters. The van der Waals surface area contributed by atoms with Gasteiger partial charge in [0.2, 0.25) is 0 Å². The van der Waals surface area contributed by atoms with Gasteiger partial charge in [-0.1, -0.05) is 25.0 Å². The Morgan fingerprint density at radius 1 is 0.825 bits per heavy atom. The zero-order valence-corrected chi connectivity index (χ0v) is 22.9. The summed E-state index contributed by atoms with van der Waals surface area (Å²) >= 11 is 1.58. The van der Waals surface area contributed by atoms with Gasteiger partial charge in [0.05, 0.1) is 19.4 Å². The van der Waals surface area contributed by atoms with Crippen LogP contribution in [0.5, 0.6) is 0 Å². The van der Waals surface area contributed by atoms with Crippen LogP contribution >= 0.6 is 11.8 Å². The Hall–Kier alpha value is -4.63. The lowest BCUT2D eigenvalue weighted by Crippen LogP contribution is -2.05. The molecule has 0 bridgehead atoms. The zero-order valence-electron chi connectivity index (χ0n) is 22.1. The molecule has 0 amide bonds. The highest BCUT2D eigenvalue weighted by molar-refractivity contribution is 7.99. The number of carbonyl (C=O) groups excluding carboxylic acids is 2. The van der Waals surface area contributed by atoms with Gasteiger partial charge in [-0.05, 0) is 19.6 Å². The van der Waals surface area contributed by atoms with Crippen molar-refractivity contribution >= 4 is 62.0 Å². The van der Waals surface area contributed by atoms with E-state index >= 15 is 0 Å². The molecule has 18 heteroatoms. The van der Waals surface area contributed by atoms with Gasteiger partial charge >= 0.3 is 17.9 Å². The Bertz CT molecular complexity index is 670. The van der Waals surface area contributed by atoms with Crippen LogP contribution in [0.2, 0.25) is 0 Å². The number of ether oxygens (including phenoxy) is 3. The minimum Gasteiger partial charge on any atom is -0.483 e. The second kappa shape index (κ2) is 64.4. The molecule has 0 aliphatic heterocycles. The normalized spacial score (nSPS) is 7.38. The molecule has 40 heavy (non-hydrogen) atoms. The number of carboxylic acids is 3. The van der Waals surface area contributed by atoms with Crippen LogP contribution in [0, 0.1) is 11.8 Å². The maximum Gasteiger partial charge on any atom is 0.315 e. The van der Waals surface area contributed by atoms with Crippen molar-refractivity contribution in [3.63, 3.8) is 0 Å². The zero-order chi connectivity index (χ0) is 32.9. The number of carbonyl (C=O) groups is 8. The van der Waals surface area contributed by atoms with E-state index in [-0.39, 0.29) is 58.6 Å². The van der Waals surface area contributed by atoms with E-state index in [0.29, 0.717) is 12.4 Å². The summed E-state index contributed by atoms with van der Waals surface area (Å²) in [5.74, 6) is 3.76. The van der Waals surface area contributed by atoms with E-state index in [1.165, 1.54) is 0 Å². The van der Waals surface area contributed by atoms with Crippen molar-refractivity contribution in [2.24, 2.45) is 0 Å². The van der Waals surface area contributed by atoms with Crippen LogP contribution in [-0.4, -0.2) is 106 Å². The number of aliphatic carboxylic acids is 3. The molecule has 0 heterocycles. The number of carboxylic acid groups (broad SMARTS) is 6. The lowest BCUT2D eigenvalue weighted by molar-refractivity contribution is -0.144. The van der Waals surface area contributed by atoms with E-state index in [4.69, 9.17) is 45.0 Å². The summed E-state index contributed by atoms with van der Waals surface area (Å²) in [5.41, 5.74) is 0. The number of allylic oxidation sites excluding steroid dienone is 1. The topological polar surface area (TPSA) is 286 Å². The lowest BCUT2D eigenvalue weighted by atomic mass is 10.4. The first-order chi connectivity index (χ1) is 19.0. The van der Waals surface area contributed by atoms with Gasteiger partial charge < -0.3 is 44.8 Å². The monoisotopic (exact) mass is 604 g/mol. The van der Waals surface area contributed by atoms with Gasteiger partial charge in [0, 0.05) is 0 Å². The number of hydrogen-bond acceptors (Lipinski definition) is 12. The molecule has 0 fully saturated rings. The van der Waals surface area contributed by atoms with E-state index in [2.05, 4.69) is 26.1 Å². The Labute approximate surface area is 234 Å². The van der Waals surface area contributed by atoms with Crippen molar-refractivity contribution in [3.05, 3.63) is 12.2 Å². The maximum absolute atomic E-state index is 9.84. The Balaban J connectivity index is -0.0000000665. The fraction of sp³-hybridized carbons (Fsp3) is 0.455. The third-order valence-electron chi connectivity index (χ3n) is 2.05. The SMILES string of the molecule is C/C=C/CC(=O)O.CC#CCC(=O)O.CCSCOC=O.O=CO.O=CO.O=CO.O=COCOCCC(=O)O. The quantitative estimate of drug-likeness (QED) is 0.0563. The van der Waals surface area contributed by atoms with Crippen molar-refractivity contribution in [2.75, 3.05) is 25.1 Å². The van der Waals surface area contributed by atoms with E-state index in [1.54, 1.807) is 37.8 Å². The summed E-state index contributed by atoms with van der Waals surface area (Å²) in [6.07, 6.45) is 3.33. The van der Waals surface area contributed by atoms with Crippen molar-refractivity contribution in [1.29, 1.82) is 0 Å². The molecule has 0 aromatic heterocycles. The van der Waals surface area contributed by atoms with Gasteiger partial charge in [0.15, 0.2) is 6.79 Å². The van der Waals surface area contributed by atoms with Crippen molar-refractivity contribution in [1.82, 2.24) is 0 Å². The predicted molar refractivity (Wildman–Crippen MR) is 139 cm³/mol. The van der Waals surface area contributed by atoms with E-state index in [1.807, 2.05) is 6.92 Å². The van der Waals surface area contributed by atoms with E-state index in [9.17, 15) is 24.0 Å². The molecular formula is C22H36O17S. The van der Waals surface area contributed by atoms with Gasteiger partial charge in [-0.25, -0.2) is 0 Å². The second-order valence-corrected chi connectivity index (χ2v) is 6.01. The van der Waals surface area contributed by atoms with Gasteiger partial charge in [-0.15, -0.1) is 17.7 Å². The average molecular weight is 605 g/mol. The molecule has 6 N–H and O–H groups in total. The highest BCUT2D eigenvalue weighted by atomic mass is 32.2. The number of thioether (sulfide) groups is 1. The smallest absolute Gasteiger partial charge is 0.315 e. The van der Waals surface area contributed by atoms with Crippen LogP contribution in [0.1, 0.15) is 40.0 Å². The van der Waals surface area contributed by atoms with E-state index < -0.39 is 17.9 Å². The average Bonchev–Trinajstić information content (AvgIpc) is 2.89. The van der Waals surface area contributed by atoms with Crippen LogP contribution in [-0.2, 0) is 52.6 Å². The maximum atomic E-state index is 9.84. The molecule has 0 saturated heterocycles. The van der Waals surface area contributed by atoms with Gasteiger partial charge in [0.25, 0.3) is 32.4 Å². The molecule has 0 spiro atoms. The van der Waals surface area contributed by atoms with Crippen LogP contribution in [0.4, 0.5) is 0 Å². The van der Waals surface area contributed by atoms with Crippen molar-refractivity contribution in [2.45, 2.75) is 40.0 Å². The molecule has 0 saturated carbocycles. The summed E-state index contributed by atoms with van der Waals surface area (Å²) in [4.78, 5) is 73.2. The van der Waals surface area contributed by atoms with Gasteiger partial charge in [-0.3, -0.25) is 38.4 Å². The second-order valence-electron chi connectivity index (χ2n) is 4.79. The third-order valence-corrected chi connectivity index (χ3v) is 2.76. The molecule has 17 nitrogen and oxygen atoms in total. The fourth-order valence-electron chi connectivity index (χ4n) is 0.836. The van der Waals surface area contributed by atoms with Crippen LogP contribution < -0.4 is 0 Å². The van der Waals surface area contributed by atoms with Crippen LogP contribution in [0.25, 0.3) is 0 Å². The van der Waals surface area contributed by atoms with E-state index in [0.717, 1.165) is 5.75 Å². The molecule has 0 rings (SSSR count). The Kier molecular flexibility index (Phi) is 83.6. The molecule has 0 aliphatic rings. The lowest BCUT2D eigenvalue weighted by Gasteiger charge is -1.97. The van der Waals surface area contributed by atoms with Gasteiger partial charge in [0.1, 0.15) is 12.4 Å². The summed E-state index contributed by atoms with van der Waals surface area (Å²) < 4.78 is 13.0. The molecule has 0 aromatic carbocycles. The summed E-state index contributed by atoms with van der Waals surface area (Å²) in [7, 11) is 0. The highest BCUT2D eigenvalue weighted by Crippen LogP contribution is 1.95. The first-order valence-corrected chi connectivity index (χ1v) is 11.3. The first kappa shape index (κ1) is 51.9. The fourth-order valence-corrected chi connectivity index (χ4v) is 1.15. The summed E-state index contributed by atoms with van der Waals surface area (Å²) in [6.45, 7) is 5.24. The molecule has 0 aromatic rings. The number of rotatable bonds is 13. The van der Waals surface area contributed by atoms with Crippen molar-refractivity contribution in [3.8, 4) is 11.8 Å². The molecule has 0 radical (unpaired) electrons. The first-order valence-electron chi connectivity index (χ1n) is 10.1. The largest absolute Gasteiger partial charge is 0.483 e. The summed E-state index contributed by atoms with van der Waals surface area (Å²) in [5, 5.41) is 44.7. The predicted octanol–water partition coefficient (Wildman–Crippen LogP) is 1.10. The molecular weight excluding hydrogens is 568 g/mol. The minimum atomic E-state index is -0.939. The third kappa shape index (κ3) is 169.